The fraction of sp³-hybridized carbons (Fsp3) is 0.278. The van der Waals surface area contributed by atoms with Crippen molar-refractivity contribution in [1.29, 1.82) is 0 Å². The number of rotatable bonds is 5. The van der Waals surface area contributed by atoms with Gasteiger partial charge in [-0.1, -0.05) is 18.2 Å². The lowest BCUT2D eigenvalue weighted by molar-refractivity contribution is -0.116. The largest absolute Gasteiger partial charge is 0.322 e. The summed E-state index contributed by atoms with van der Waals surface area (Å²) in [5, 5.41) is 2.44. The summed E-state index contributed by atoms with van der Waals surface area (Å²) in [5.74, 6) is -1.20. The van der Waals surface area contributed by atoms with Crippen LogP contribution in [0.5, 0.6) is 0 Å². The normalized spacial score (nSPS) is 12.5. The van der Waals surface area contributed by atoms with Crippen molar-refractivity contribution in [3.05, 3.63) is 59.4 Å². The van der Waals surface area contributed by atoms with E-state index < -0.39 is 27.8 Å². The molecule has 134 valence electrons. The SMILES string of the molecule is Cc1cc(C)cc(N([C@H](C)C(=O)Nc2ccccc2F)S(C)(=O)=O)c1. The van der Waals surface area contributed by atoms with Gasteiger partial charge in [-0.05, 0) is 56.2 Å². The minimum atomic E-state index is -3.72. The lowest BCUT2D eigenvalue weighted by Crippen LogP contribution is -2.45. The number of halogens is 1. The van der Waals surface area contributed by atoms with Gasteiger partial charge < -0.3 is 5.32 Å². The number of benzene rings is 2. The Morgan fingerprint density at radius 2 is 1.68 bits per heavy atom. The zero-order chi connectivity index (χ0) is 18.8. The van der Waals surface area contributed by atoms with Crippen molar-refractivity contribution in [3.8, 4) is 0 Å². The first-order chi connectivity index (χ1) is 11.6. The fourth-order valence-corrected chi connectivity index (χ4v) is 3.84. The minimum Gasteiger partial charge on any atom is -0.322 e. The Bertz CT molecular complexity index is 877. The third kappa shape index (κ3) is 4.57. The van der Waals surface area contributed by atoms with Gasteiger partial charge in [0.15, 0.2) is 0 Å². The van der Waals surface area contributed by atoms with Crippen molar-refractivity contribution in [2.45, 2.75) is 26.8 Å². The molecule has 1 N–H and O–H groups in total. The molecule has 0 unspecified atom stereocenters. The van der Waals surface area contributed by atoms with Gasteiger partial charge in [-0.3, -0.25) is 9.10 Å². The molecule has 0 saturated heterocycles. The molecule has 0 aliphatic heterocycles. The summed E-state index contributed by atoms with van der Waals surface area (Å²) in [6.07, 6.45) is 1.04. The van der Waals surface area contributed by atoms with Gasteiger partial charge in [0, 0.05) is 0 Å². The highest BCUT2D eigenvalue weighted by molar-refractivity contribution is 7.92. The maximum absolute atomic E-state index is 13.7. The Kier molecular flexibility index (Phi) is 5.47. The van der Waals surface area contributed by atoms with Crippen LogP contribution in [0.25, 0.3) is 0 Å². The predicted molar refractivity (Wildman–Crippen MR) is 97.7 cm³/mol. The van der Waals surface area contributed by atoms with Crippen LogP contribution in [0.1, 0.15) is 18.1 Å². The van der Waals surface area contributed by atoms with E-state index in [9.17, 15) is 17.6 Å². The number of aryl methyl sites for hydroxylation is 2. The third-order valence-corrected chi connectivity index (χ3v) is 4.92. The Morgan fingerprint density at radius 3 is 2.20 bits per heavy atom. The molecule has 25 heavy (non-hydrogen) atoms. The topological polar surface area (TPSA) is 66.5 Å². The molecule has 2 aromatic rings. The lowest BCUT2D eigenvalue weighted by atomic mass is 10.1. The van der Waals surface area contributed by atoms with E-state index in [1.807, 2.05) is 19.9 Å². The number of carbonyl (C=O) groups excluding carboxylic acids is 1. The summed E-state index contributed by atoms with van der Waals surface area (Å²) >= 11 is 0. The molecule has 7 heteroatoms. The molecule has 0 heterocycles. The van der Waals surface area contributed by atoms with Gasteiger partial charge in [0.1, 0.15) is 11.9 Å². The van der Waals surface area contributed by atoms with E-state index >= 15 is 0 Å². The molecular formula is C18H21FN2O3S. The number of nitrogens with one attached hydrogen (secondary N) is 1. The third-order valence-electron chi connectivity index (χ3n) is 3.68. The van der Waals surface area contributed by atoms with Crippen LogP contribution in [0.15, 0.2) is 42.5 Å². The summed E-state index contributed by atoms with van der Waals surface area (Å²) in [5.41, 5.74) is 2.17. The van der Waals surface area contributed by atoms with Crippen LogP contribution >= 0.6 is 0 Å². The molecule has 0 aromatic heterocycles. The number of sulfonamides is 1. The highest BCUT2D eigenvalue weighted by Crippen LogP contribution is 2.24. The maximum Gasteiger partial charge on any atom is 0.248 e. The summed E-state index contributed by atoms with van der Waals surface area (Å²) in [7, 11) is -3.72. The first-order valence-corrected chi connectivity index (χ1v) is 9.57. The zero-order valence-electron chi connectivity index (χ0n) is 14.6. The Hall–Kier alpha value is -2.41. The van der Waals surface area contributed by atoms with Crippen LogP contribution in [-0.4, -0.2) is 26.6 Å². The van der Waals surface area contributed by atoms with E-state index in [-0.39, 0.29) is 5.69 Å². The molecular weight excluding hydrogens is 343 g/mol. The molecule has 5 nitrogen and oxygen atoms in total. The highest BCUT2D eigenvalue weighted by atomic mass is 32.2. The second kappa shape index (κ2) is 7.23. The number of amides is 1. The van der Waals surface area contributed by atoms with Gasteiger partial charge in [0.05, 0.1) is 17.6 Å². The van der Waals surface area contributed by atoms with Gasteiger partial charge in [-0.15, -0.1) is 0 Å². The van der Waals surface area contributed by atoms with Gasteiger partial charge in [-0.25, -0.2) is 12.8 Å². The first-order valence-electron chi connectivity index (χ1n) is 7.72. The lowest BCUT2D eigenvalue weighted by Gasteiger charge is -2.28. The van der Waals surface area contributed by atoms with Crippen LogP contribution in [0.3, 0.4) is 0 Å². The molecule has 0 fully saturated rings. The quantitative estimate of drug-likeness (QED) is 0.886. The summed E-state index contributed by atoms with van der Waals surface area (Å²) < 4.78 is 39.4. The molecule has 1 amide bonds. The average molecular weight is 364 g/mol. The molecule has 0 aliphatic rings. The van der Waals surface area contributed by atoms with Crippen LogP contribution in [-0.2, 0) is 14.8 Å². The van der Waals surface area contributed by atoms with E-state index in [1.165, 1.54) is 25.1 Å². The van der Waals surface area contributed by atoms with Crippen LogP contribution < -0.4 is 9.62 Å². The molecule has 0 aliphatic carbocycles. The van der Waals surface area contributed by atoms with E-state index in [2.05, 4.69) is 5.32 Å². The van der Waals surface area contributed by atoms with Crippen molar-refractivity contribution >= 4 is 27.3 Å². The summed E-state index contributed by atoms with van der Waals surface area (Å²) in [6, 6.07) is 9.99. The number of hydrogen-bond acceptors (Lipinski definition) is 3. The van der Waals surface area contributed by atoms with Crippen molar-refractivity contribution in [2.24, 2.45) is 0 Å². The van der Waals surface area contributed by atoms with E-state index in [4.69, 9.17) is 0 Å². The summed E-state index contributed by atoms with van der Waals surface area (Å²) in [6.45, 7) is 5.16. The zero-order valence-corrected chi connectivity index (χ0v) is 15.4. The fourth-order valence-electron chi connectivity index (χ4n) is 2.69. The van der Waals surface area contributed by atoms with Crippen LogP contribution in [0.2, 0.25) is 0 Å². The Morgan fingerprint density at radius 1 is 1.12 bits per heavy atom. The Balaban J connectivity index is 2.38. The monoisotopic (exact) mass is 364 g/mol. The smallest absolute Gasteiger partial charge is 0.248 e. The molecule has 0 bridgehead atoms. The van der Waals surface area contributed by atoms with E-state index in [1.54, 1.807) is 18.2 Å². The van der Waals surface area contributed by atoms with E-state index in [0.29, 0.717) is 5.69 Å². The van der Waals surface area contributed by atoms with Gasteiger partial charge in [0.25, 0.3) is 0 Å². The number of carbonyl (C=O) groups is 1. The second-order valence-electron chi connectivity index (χ2n) is 6.05. The number of hydrogen-bond donors (Lipinski definition) is 1. The maximum atomic E-state index is 13.7. The van der Waals surface area contributed by atoms with E-state index in [0.717, 1.165) is 21.7 Å². The predicted octanol–water partition coefficient (Wildman–Crippen LogP) is 3.24. The Labute approximate surface area is 147 Å². The second-order valence-corrected chi connectivity index (χ2v) is 7.91. The van der Waals surface area contributed by atoms with Crippen LogP contribution in [0.4, 0.5) is 15.8 Å². The van der Waals surface area contributed by atoms with Gasteiger partial charge in [0.2, 0.25) is 15.9 Å². The number of nitrogens with zero attached hydrogens (tertiary/aromatic N) is 1. The van der Waals surface area contributed by atoms with Gasteiger partial charge >= 0.3 is 0 Å². The molecule has 0 radical (unpaired) electrons. The van der Waals surface area contributed by atoms with Crippen molar-refractivity contribution < 1.29 is 17.6 Å². The van der Waals surface area contributed by atoms with Crippen molar-refractivity contribution in [1.82, 2.24) is 0 Å². The molecule has 1 atom stereocenters. The van der Waals surface area contributed by atoms with Crippen molar-refractivity contribution in [3.63, 3.8) is 0 Å². The minimum absolute atomic E-state index is 0.00761. The standard InChI is InChI=1S/C18H21FN2O3S/c1-12-9-13(2)11-15(10-12)21(25(4,23)24)14(3)18(22)20-17-8-6-5-7-16(17)19/h5-11,14H,1-4H3,(H,20,22)/t14-/m1/s1. The van der Waals surface area contributed by atoms with Gasteiger partial charge in [-0.2, -0.15) is 0 Å². The molecule has 0 spiro atoms. The number of para-hydroxylation sites is 1. The molecule has 2 rings (SSSR count). The van der Waals surface area contributed by atoms with Crippen molar-refractivity contribution in [2.75, 3.05) is 15.9 Å². The highest BCUT2D eigenvalue weighted by Gasteiger charge is 2.29. The number of anilines is 2. The molecule has 2 aromatic carbocycles. The first kappa shape index (κ1) is 18.9. The average Bonchev–Trinajstić information content (AvgIpc) is 2.47. The molecule has 0 saturated carbocycles. The summed E-state index contributed by atoms with van der Waals surface area (Å²) in [4.78, 5) is 12.5. The van der Waals surface area contributed by atoms with Crippen LogP contribution in [0, 0.1) is 19.7 Å².